The number of rotatable bonds is 9. The highest BCUT2D eigenvalue weighted by molar-refractivity contribution is 7.97. The molecule has 0 spiro atoms. The van der Waals surface area contributed by atoms with E-state index in [1.807, 2.05) is 12.1 Å². The van der Waals surface area contributed by atoms with E-state index in [2.05, 4.69) is 32.4 Å². The zero-order valence-electron chi connectivity index (χ0n) is 15.3. The first-order chi connectivity index (χ1) is 10.9. The first kappa shape index (κ1) is 21.7. The molecule has 1 aromatic rings. The number of benzene rings is 1. The van der Waals surface area contributed by atoms with Crippen molar-refractivity contribution < 1.29 is 9.13 Å². The summed E-state index contributed by atoms with van der Waals surface area (Å²) in [4.78, 5) is 0. The standard InChI is InChI=1S/C19H30FNOS.H2S/c1-5-6-11-23-21-18(19(2,3)4)15-9-10-16(20)17(12-15)22-13-14-7-8-14;/h9-10,12,14,18,21H,5-8,11,13H2,1-4H3;1H2. The van der Waals surface area contributed by atoms with Crippen molar-refractivity contribution in [1.82, 2.24) is 4.72 Å². The third-order valence-electron chi connectivity index (χ3n) is 4.13. The topological polar surface area (TPSA) is 21.3 Å². The van der Waals surface area contributed by atoms with Crippen LogP contribution in [-0.4, -0.2) is 12.4 Å². The van der Waals surface area contributed by atoms with Crippen molar-refractivity contribution in [3.05, 3.63) is 29.6 Å². The lowest BCUT2D eigenvalue weighted by Gasteiger charge is -2.32. The summed E-state index contributed by atoms with van der Waals surface area (Å²) in [7, 11) is 0. The van der Waals surface area contributed by atoms with Gasteiger partial charge < -0.3 is 4.74 Å². The normalized spacial score (nSPS) is 15.7. The molecule has 5 heteroatoms. The third kappa shape index (κ3) is 6.85. The molecule has 24 heavy (non-hydrogen) atoms. The molecule has 0 bridgehead atoms. The van der Waals surface area contributed by atoms with Crippen LogP contribution in [0.1, 0.15) is 65.0 Å². The summed E-state index contributed by atoms with van der Waals surface area (Å²) in [5.74, 6) is 1.85. The van der Waals surface area contributed by atoms with E-state index in [9.17, 15) is 4.39 Å². The Morgan fingerprint density at radius 3 is 2.62 bits per heavy atom. The SMILES string of the molecule is CCCCSNC(c1ccc(F)c(OCC2CC2)c1)C(C)(C)C.S. The van der Waals surface area contributed by atoms with Crippen LogP contribution in [0.15, 0.2) is 18.2 Å². The lowest BCUT2D eigenvalue weighted by Crippen LogP contribution is -2.28. The Bertz CT molecular complexity index is 501. The lowest BCUT2D eigenvalue weighted by atomic mass is 9.83. The number of nitrogens with one attached hydrogen (secondary N) is 1. The van der Waals surface area contributed by atoms with E-state index in [-0.39, 0.29) is 30.8 Å². The summed E-state index contributed by atoms with van der Waals surface area (Å²) in [6, 6.07) is 5.45. The summed E-state index contributed by atoms with van der Waals surface area (Å²) < 4.78 is 23.3. The van der Waals surface area contributed by atoms with Crippen molar-refractivity contribution in [3.63, 3.8) is 0 Å². The molecule has 1 aliphatic rings. The van der Waals surface area contributed by atoms with Crippen LogP contribution >= 0.6 is 25.4 Å². The fourth-order valence-electron chi connectivity index (χ4n) is 2.41. The second-order valence-corrected chi connectivity index (χ2v) is 8.50. The molecule has 0 heterocycles. The van der Waals surface area contributed by atoms with Gasteiger partial charge in [-0.3, -0.25) is 4.72 Å². The molecular weight excluding hydrogens is 341 g/mol. The van der Waals surface area contributed by atoms with Gasteiger partial charge in [0.05, 0.1) is 6.61 Å². The monoisotopic (exact) mass is 373 g/mol. The molecule has 1 unspecified atom stereocenters. The molecule has 2 rings (SSSR count). The van der Waals surface area contributed by atoms with Gasteiger partial charge in [0.1, 0.15) is 0 Å². The second kappa shape index (κ2) is 9.93. The summed E-state index contributed by atoms with van der Waals surface area (Å²) in [5.41, 5.74) is 1.14. The van der Waals surface area contributed by atoms with E-state index in [1.165, 1.54) is 31.7 Å². The van der Waals surface area contributed by atoms with E-state index in [0.717, 1.165) is 11.3 Å². The van der Waals surface area contributed by atoms with E-state index < -0.39 is 0 Å². The van der Waals surface area contributed by atoms with Gasteiger partial charge in [-0.1, -0.05) is 52.1 Å². The fraction of sp³-hybridized carbons (Fsp3) is 0.684. The highest BCUT2D eigenvalue weighted by atomic mass is 32.2. The number of hydrogen-bond acceptors (Lipinski definition) is 3. The molecule has 138 valence electrons. The van der Waals surface area contributed by atoms with Gasteiger partial charge in [0, 0.05) is 11.8 Å². The van der Waals surface area contributed by atoms with Crippen molar-refractivity contribution >= 4 is 25.4 Å². The molecule has 0 radical (unpaired) electrons. The maximum Gasteiger partial charge on any atom is 0.165 e. The Hall–Kier alpha value is -0.390. The van der Waals surface area contributed by atoms with Crippen LogP contribution < -0.4 is 9.46 Å². The predicted molar refractivity (Wildman–Crippen MR) is 108 cm³/mol. The Balaban J connectivity index is 0.00000288. The molecule has 1 atom stereocenters. The van der Waals surface area contributed by atoms with E-state index in [4.69, 9.17) is 4.74 Å². The zero-order chi connectivity index (χ0) is 16.9. The first-order valence-electron chi connectivity index (χ1n) is 8.71. The largest absolute Gasteiger partial charge is 0.490 e. The van der Waals surface area contributed by atoms with Gasteiger partial charge in [0.15, 0.2) is 11.6 Å². The van der Waals surface area contributed by atoms with Crippen LogP contribution in [0.5, 0.6) is 5.75 Å². The maximum atomic E-state index is 14.0. The average Bonchev–Trinajstić information content (AvgIpc) is 3.30. The van der Waals surface area contributed by atoms with Crippen molar-refractivity contribution in [1.29, 1.82) is 0 Å². The van der Waals surface area contributed by atoms with Gasteiger partial charge in [0.25, 0.3) is 0 Å². The first-order valence-corrected chi connectivity index (χ1v) is 9.70. The van der Waals surface area contributed by atoms with Crippen LogP contribution in [0, 0.1) is 17.2 Å². The Labute approximate surface area is 157 Å². The predicted octanol–water partition coefficient (Wildman–Crippen LogP) is 5.85. The molecular formula is C19H32FNOS2. The Kier molecular flexibility index (Phi) is 8.96. The van der Waals surface area contributed by atoms with Gasteiger partial charge in [-0.2, -0.15) is 13.5 Å². The van der Waals surface area contributed by atoms with Gasteiger partial charge in [-0.05, 0) is 48.3 Å². The minimum Gasteiger partial charge on any atom is -0.490 e. The summed E-state index contributed by atoms with van der Waals surface area (Å²) in [6.07, 6.45) is 4.82. The highest BCUT2D eigenvalue weighted by Gasteiger charge is 2.27. The van der Waals surface area contributed by atoms with E-state index in [0.29, 0.717) is 18.3 Å². The van der Waals surface area contributed by atoms with Crippen LogP contribution in [0.25, 0.3) is 0 Å². The Morgan fingerprint density at radius 2 is 2.04 bits per heavy atom. The van der Waals surface area contributed by atoms with Gasteiger partial charge in [0.2, 0.25) is 0 Å². The molecule has 1 fully saturated rings. The smallest absolute Gasteiger partial charge is 0.165 e. The molecule has 2 nitrogen and oxygen atoms in total. The molecule has 1 N–H and O–H groups in total. The molecule has 1 aromatic carbocycles. The summed E-state index contributed by atoms with van der Waals surface area (Å²) >= 11 is 1.76. The minimum atomic E-state index is -0.263. The van der Waals surface area contributed by atoms with Crippen molar-refractivity contribution in [3.8, 4) is 5.75 Å². The van der Waals surface area contributed by atoms with Gasteiger partial charge in [-0.15, -0.1) is 0 Å². The third-order valence-corrected chi connectivity index (χ3v) is 5.02. The molecule has 1 aliphatic carbocycles. The molecule has 1 saturated carbocycles. The second-order valence-electron chi connectivity index (χ2n) is 7.56. The van der Waals surface area contributed by atoms with Crippen LogP contribution in [0.2, 0.25) is 0 Å². The summed E-state index contributed by atoms with van der Waals surface area (Å²) in [5, 5.41) is 0. The van der Waals surface area contributed by atoms with Crippen molar-refractivity contribution in [2.75, 3.05) is 12.4 Å². The molecule has 0 aliphatic heterocycles. The Morgan fingerprint density at radius 1 is 1.33 bits per heavy atom. The zero-order valence-corrected chi connectivity index (χ0v) is 17.1. The lowest BCUT2D eigenvalue weighted by molar-refractivity contribution is 0.281. The van der Waals surface area contributed by atoms with E-state index >= 15 is 0 Å². The van der Waals surface area contributed by atoms with Gasteiger partial charge >= 0.3 is 0 Å². The van der Waals surface area contributed by atoms with Crippen molar-refractivity contribution in [2.45, 2.75) is 59.4 Å². The van der Waals surface area contributed by atoms with Crippen LogP contribution in [-0.2, 0) is 0 Å². The quantitative estimate of drug-likeness (QED) is 0.433. The summed E-state index contributed by atoms with van der Waals surface area (Å²) in [6.45, 7) is 9.46. The van der Waals surface area contributed by atoms with E-state index in [1.54, 1.807) is 11.9 Å². The number of halogens is 1. The minimum absolute atomic E-state index is 0. The number of unbranched alkanes of at least 4 members (excludes halogenated alkanes) is 1. The molecule has 0 saturated heterocycles. The van der Waals surface area contributed by atoms with Gasteiger partial charge in [-0.25, -0.2) is 4.39 Å². The molecule has 0 aromatic heterocycles. The number of ether oxygens (including phenoxy) is 1. The average molecular weight is 374 g/mol. The fourth-order valence-corrected chi connectivity index (χ4v) is 3.61. The number of hydrogen-bond donors (Lipinski definition) is 1. The van der Waals surface area contributed by atoms with Crippen molar-refractivity contribution in [2.24, 2.45) is 11.3 Å². The van der Waals surface area contributed by atoms with Crippen LogP contribution in [0.4, 0.5) is 4.39 Å². The highest BCUT2D eigenvalue weighted by Crippen LogP contribution is 2.37. The van der Waals surface area contributed by atoms with Crippen LogP contribution in [0.3, 0.4) is 0 Å². The maximum absolute atomic E-state index is 14.0. The molecule has 0 amide bonds.